The van der Waals surface area contributed by atoms with Crippen LogP contribution in [0.1, 0.15) is 46.9 Å². The number of thioether (sulfide) groups is 3. The van der Waals surface area contributed by atoms with Gasteiger partial charge in [-0.05, 0) is 60.2 Å². The number of carboxylic acids is 2. The Morgan fingerprint density at radius 1 is 0.694 bits per heavy atom. The Balaban J connectivity index is 1.58. The fourth-order valence-electron chi connectivity index (χ4n) is 3.60. The highest BCUT2D eigenvalue weighted by Gasteiger charge is 2.31. The maximum atomic E-state index is 11.7. The standard InChI is InChI=1S/C28H30O5S3/c29-25(28(32)33)26(36-24-17-9-7-15-22(24)27(30)31)21-14-6-8-16-23(21)35-19-11-2-1-10-18-34-20-12-4-3-5-13-20/h3-9,12-17,25-26,29H,1-2,10-11,18-19H2,(H,30,31)(H,32,33). The number of aromatic carboxylic acids is 1. The molecule has 2 atom stereocenters. The molecule has 8 heteroatoms. The van der Waals surface area contributed by atoms with Gasteiger partial charge in [-0.3, -0.25) is 0 Å². The van der Waals surface area contributed by atoms with Crippen LogP contribution in [0.4, 0.5) is 0 Å². The smallest absolute Gasteiger partial charge is 0.336 e. The summed E-state index contributed by atoms with van der Waals surface area (Å²) < 4.78 is 0. The average Bonchev–Trinajstić information content (AvgIpc) is 2.89. The number of unbranched alkanes of at least 4 members (excludes halogenated alkanes) is 3. The van der Waals surface area contributed by atoms with Crippen LogP contribution >= 0.6 is 35.3 Å². The Morgan fingerprint density at radius 3 is 1.94 bits per heavy atom. The van der Waals surface area contributed by atoms with E-state index in [1.165, 1.54) is 11.0 Å². The van der Waals surface area contributed by atoms with Crippen molar-refractivity contribution < 1.29 is 24.9 Å². The molecule has 3 aromatic rings. The van der Waals surface area contributed by atoms with Gasteiger partial charge < -0.3 is 15.3 Å². The van der Waals surface area contributed by atoms with E-state index in [-0.39, 0.29) is 5.56 Å². The molecule has 5 nitrogen and oxygen atoms in total. The lowest BCUT2D eigenvalue weighted by Gasteiger charge is -2.23. The Morgan fingerprint density at radius 2 is 1.28 bits per heavy atom. The van der Waals surface area contributed by atoms with Gasteiger partial charge in [-0.25, -0.2) is 9.59 Å². The van der Waals surface area contributed by atoms with Crippen molar-refractivity contribution in [2.75, 3.05) is 11.5 Å². The molecule has 3 rings (SSSR count). The number of carboxylic acid groups (broad SMARTS) is 2. The number of aliphatic hydroxyl groups is 1. The zero-order valence-electron chi connectivity index (χ0n) is 19.8. The third kappa shape index (κ3) is 8.62. The second kappa shape index (κ2) is 15.0. The van der Waals surface area contributed by atoms with Crippen LogP contribution in [-0.2, 0) is 4.79 Å². The van der Waals surface area contributed by atoms with Crippen molar-refractivity contribution in [2.45, 2.75) is 51.7 Å². The molecule has 2 unspecified atom stereocenters. The Hall–Kier alpha value is -2.39. The monoisotopic (exact) mass is 542 g/mol. The molecular formula is C28H30O5S3. The molecular weight excluding hydrogens is 513 g/mol. The third-order valence-corrected chi connectivity index (χ3v) is 9.09. The lowest BCUT2D eigenvalue weighted by Crippen LogP contribution is -2.26. The van der Waals surface area contributed by atoms with Gasteiger partial charge in [0.25, 0.3) is 0 Å². The normalized spacial score (nSPS) is 12.7. The van der Waals surface area contributed by atoms with Crippen LogP contribution in [0.2, 0.25) is 0 Å². The molecule has 0 bridgehead atoms. The van der Waals surface area contributed by atoms with Crippen molar-refractivity contribution in [3.05, 3.63) is 90.0 Å². The fourth-order valence-corrected chi connectivity index (χ4v) is 7.01. The highest BCUT2D eigenvalue weighted by atomic mass is 32.2. The van der Waals surface area contributed by atoms with Crippen LogP contribution in [0.15, 0.2) is 93.5 Å². The summed E-state index contributed by atoms with van der Waals surface area (Å²) in [5.41, 5.74) is 0.780. The second-order valence-corrected chi connectivity index (χ2v) is 11.6. The molecule has 36 heavy (non-hydrogen) atoms. The van der Waals surface area contributed by atoms with E-state index < -0.39 is 23.3 Å². The molecule has 3 aromatic carbocycles. The maximum Gasteiger partial charge on any atom is 0.336 e. The lowest BCUT2D eigenvalue weighted by atomic mass is 10.1. The van der Waals surface area contributed by atoms with Gasteiger partial charge in [-0.1, -0.05) is 61.4 Å². The van der Waals surface area contributed by atoms with Crippen molar-refractivity contribution in [3.63, 3.8) is 0 Å². The first-order valence-electron chi connectivity index (χ1n) is 11.8. The van der Waals surface area contributed by atoms with Gasteiger partial charge in [0.05, 0.1) is 10.8 Å². The third-order valence-electron chi connectivity index (χ3n) is 5.44. The van der Waals surface area contributed by atoms with Gasteiger partial charge in [0.1, 0.15) is 0 Å². The fraction of sp³-hybridized carbons (Fsp3) is 0.286. The van der Waals surface area contributed by atoms with Crippen molar-refractivity contribution in [1.29, 1.82) is 0 Å². The van der Waals surface area contributed by atoms with Gasteiger partial charge in [0, 0.05) is 14.7 Å². The molecule has 0 fully saturated rings. The molecule has 0 spiro atoms. The van der Waals surface area contributed by atoms with Crippen LogP contribution in [-0.4, -0.2) is 44.9 Å². The van der Waals surface area contributed by atoms with Gasteiger partial charge in [0.2, 0.25) is 0 Å². The Bertz CT molecular complexity index is 1120. The minimum absolute atomic E-state index is 0.0839. The van der Waals surface area contributed by atoms with Gasteiger partial charge in [-0.15, -0.1) is 35.3 Å². The van der Waals surface area contributed by atoms with Crippen molar-refractivity contribution in [3.8, 4) is 0 Å². The summed E-state index contributed by atoms with van der Waals surface area (Å²) in [5, 5.41) is 28.8. The first-order valence-corrected chi connectivity index (χ1v) is 14.6. The molecule has 0 amide bonds. The molecule has 0 saturated heterocycles. The largest absolute Gasteiger partial charge is 0.479 e. The summed E-state index contributed by atoms with van der Waals surface area (Å²) in [5.74, 6) is -0.446. The number of hydrogen-bond donors (Lipinski definition) is 3. The number of rotatable bonds is 15. The molecule has 0 aliphatic rings. The van der Waals surface area contributed by atoms with Gasteiger partial charge in [0.15, 0.2) is 6.10 Å². The Kier molecular flexibility index (Phi) is 11.7. The molecule has 0 aliphatic heterocycles. The summed E-state index contributed by atoms with van der Waals surface area (Å²) >= 11 is 4.60. The number of carbonyl (C=O) groups is 2. The average molecular weight is 543 g/mol. The van der Waals surface area contributed by atoms with E-state index in [4.69, 9.17) is 0 Å². The number of benzene rings is 3. The summed E-state index contributed by atoms with van der Waals surface area (Å²) in [4.78, 5) is 26.0. The van der Waals surface area contributed by atoms with E-state index in [9.17, 15) is 24.9 Å². The molecule has 190 valence electrons. The second-order valence-electron chi connectivity index (χ2n) is 8.08. The Labute approximate surface area is 224 Å². The predicted octanol–water partition coefficient (Wildman–Crippen LogP) is 7.11. The molecule has 0 saturated carbocycles. The van der Waals surface area contributed by atoms with E-state index >= 15 is 0 Å². The first kappa shape index (κ1) is 28.2. The summed E-state index contributed by atoms with van der Waals surface area (Å²) in [6.45, 7) is 0. The van der Waals surface area contributed by atoms with Crippen LogP contribution < -0.4 is 0 Å². The maximum absolute atomic E-state index is 11.7. The van der Waals surface area contributed by atoms with E-state index in [1.807, 2.05) is 42.1 Å². The van der Waals surface area contributed by atoms with E-state index in [0.717, 1.165) is 53.8 Å². The molecule has 0 aromatic heterocycles. The first-order chi connectivity index (χ1) is 17.5. The van der Waals surface area contributed by atoms with Crippen LogP contribution in [0, 0.1) is 0 Å². The van der Waals surface area contributed by atoms with Crippen LogP contribution in [0.3, 0.4) is 0 Å². The van der Waals surface area contributed by atoms with Gasteiger partial charge in [-0.2, -0.15) is 0 Å². The minimum atomic E-state index is -1.68. The SMILES string of the molecule is O=C(O)c1ccccc1SC(c1ccccc1SCCCCCCSc1ccccc1)C(O)C(=O)O. The number of aliphatic carboxylic acids is 1. The van der Waals surface area contributed by atoms with E-state index in [0.29, 0.717) is 10.5 Å². The summed E-state index contributed by atoms with van der Waals surface area (Å²) in [6.07, 6.45) is 2.79. The summed E-state index contributed by atoms with van der Waals surface area (Å²) in [6, 6.07) is 24.3. The van der Waals surface area contributed by atoms with Crippen molar-refractivity contribution in [1.82, 2.24) is 0 Å². The van der Waals surface area contributed by atoms with Crippen LogP contribution in [0.25, 0.3) is 0 Å². The topological polar surface area (TPSA) is 94.8 Å². The lowest BCUT2D eigenvalue weighted by molar-refractivity contribution is -0.146. The molecule has 0 aliphatic carbocycles. The molecule has 3 N–H and O–H groups in total. The zero-order chi connectivity index (χ0) is 25.8. The highest BCUT2D eigenvalue weighted by Crippen LogP contribution is 2.43. The number of aliphatic hydroxyl groups excluding tert-OH is 1. The summed E-state index contributed by atoms with van der Waals surface area (Å²) in [7, 11) is 0. The molecule has 0 radical (unpaired) electrons. The highest BCUT2D eigenvalue weighted by molar-refractivity contribution is 8.00. The predicted molar refractivity (Wildman–Crippen MR) is 148 cm³/mol. The van der Waals surface area contributed by atoms with Crippen molar-refractivity contribution in [2.24, 2.45) is 0 Å². The van der Waals surface area contributed by atoms with Crippen LogP contribution in [0.5, 0.6) is 0 Å². The van der Waals surface area contributed by atoms with E-state index in [1.54, 1.807) is 30.0 Å². The zero-order valence-corrected chi connectivity index (χ0v) is 22.2. The quantitative estimate of drug-likeness (QED) is 0.138. The van der Waals surface area contributed by atoms with E-state index in [2.05, 4.69) is 24.3 Å². The van der Waals surface area contributed by atoms with Crippen molar-refractivity contribution >= 4 is 47.2 Å². The minimum Gasteiger partial charge on any atom is -0.479 e. The van der Waals surface area contributed by atoms with Gasteiger partial charge >= 0.3 is 11.9 Å². The molecule has 0 heterocycles. The number of hydrogen-bond acceptors (Lipinski definition) is 6.